The molecule has 0 spiro atoms. The summed E-state index contributed by atoms with van der Waals surface area (Å²) in [5, 5.41) is 3.44. The zero-order chi connectivity index (χ0) is 15.2. The Bertz CT molecular complexity index is 586. The van der Waals surface area contributed by atoms with Crippen molar-refractivity contribution in [3.63, 3.8) is 0 Å². The van der Waals surface area contributed by atoms with Gasteiger partial charge in [-0.1, -0.05) is 35.0 Å². The van der Waals surface area contributed by atoms with Crippen LogP contribution >= 0.6 is 15.9 Å². The van der Waals surface area contributed by atoms with Gasteiger partial charge in [0.15, 0.2) is 0 Å². The number of anilines is 1. The molecule has 1 unspecified atom stereocenters. The molecule has 0 fully saturated rings. The van der Waals surface area contributed by atoms with Gasteiger partial charge in [-0.3, -0.25) is 0 Å². The number of nitrogens with one attached hydrogen (secondary N) is 1. The van der Waals surface area contributed by atoms with Gasteiger partial charge in [0.25, 0.3) is 0 Å². The topological polar surface area (TPSA) is 21.3 Å². The van der Waals surface area contributed by atoms with Crippen molar-refractivity contribution >= 4 is 21.6 Å². The molecule has 0 heterocycles. The summed E-state index contributed by atoms with van der Waals surface area (Å²) in [6.07, 6.45) is 0.921. The number of ether oxygens (including phenoxy) is 1. The molecular formula is C17H19BrFNO. The molecule has 0 amide bonds. The molecule has 0 saturated heterocycles. The average molecular weight is 352 g/mol. The number of benzene rings is 2. The smallest absolute Gasteiger partial charge is 0.145 e. The predicted octanol–water partition coefficient (Wildman–Crippen LogP) is 5.55. The lowest BCUT2D eigenvalue weighted by atomic mass is 10.0. The fourth-order valence-electron chi connectivity index (χ4n) is 2.19. The van der Waals surface area contributed by atoms with Crippen LogP contribution in [0.25, 0.3) is 0 Å². The third-order valence-electron chi connectivity index (χ3n) is 3.25. The highest BCUT2D eigenvalue weighted by Gasteiger charge is 2.12. The molecule has 2 aromatic rings. The van der Waals surface area contributed by atoms with Gasteiger partial charge in [-0.15, -0.1) is 0 Å². The summed E-state index contributed by atoms with van der Waals surface area (Å²) < 4.78 is 19.9. The summed E-state index contributed by atoms with van der Waals surface area (Å²) in [7, 11) is 0. The van der Waals surface area contributed by atoms with Gasteiger partial charge in [0.05, 0.1) is 18.3 Å². The second-order valence-corrected chi connectivity index (χ2v) is 5.65. The lowest BCUT2D eigenvalue weighted by molar-refractivity contribution is 0.339. The van der Waals surface area contributed by atoms with Crippen LogP contribution in [0.1, 0.15) is 31.9 Å². The normalized spacial score (nSPS) is 12.0. The number of halogens is 2. The molecular weight excluding hydrogens is 333 g/mol. The van der Waals surface area contributed by atoms with Crippen LogP contribution in [0.5, 0.6) is 5.75 Å². The molecule has 1 N–H and O–H groups in total. The Balaban J connectivity index is 2.24. The fourth-order valence-corrected chi connectivity index (χ4v) is 2.46. The molecule has 112 valence electrons. The van der Waals surface area contributed by atoms with Gasteiger partial charge in [-0.25, -0.2) is 4.39 Å². The quantitative estimate of drug-likeness (QED) is 0.736. The third-order valence-corrected chi connectivity index (χ3v) is 3.78. The number of rotatable bonds is 6. The SMILES string of the molecule is CCOc1cc(F)ccc1NC(CC)c1ccc(Br)cc1. The lowest BCUT2D eigenvalue weighted by Crippen LogP contribution is -2.11. The van der Waals surface area contributed by atoms with E-state index in [0.29, 0.717) is 12.4 Å². The van der Waals surface area contributed by atoms with E-state index in [0.717, 1.165) is 16.6 Å². The van der Waals surface area contributed by atoms with Crippen molar-refractivity contribution in [1.29, 1.82) is 0 Å². The van der Waals surface area contributed by atoms with E-state index in [-0.39, 0.29) is 11.9 Å². The number of hydrogen-bond donors (Lipinski definition) is 1. The maximum atomic E-state index is 13.3. The average Bonchev–Trinajstić information content (AvgIpc) is 2.48. The van der Waals surface area contributed by atoms with Gasteiger partial charge in [0.1, 0.15) is 11.6 Å². The van der Waals surface area contributed by atoms with Crippen molar-refractivity contribution in [3.05, 3.63) is 58.3 Å². The summed E-state index contributed by atoms with van der Waals surface area (Å²) >= 11 is 3.44. The first kappa shape index (κ1) is 15.8. The molecule has 1 atom stereocenters. The summed E-state index contributed by atoms with van der Waals surface area (Å²) in [5.74, 6) is 0.258. The largest absolute Gasteiger partial charge is 0.492 e. The van der Waals surface area contributed by atoms with Gasteiger partial charge in [-0.05, 0) is 43.2 Å². The van der Waals surface area contributed by atoms with E-state index in [4.69, 9.17) is 4.74 Å². The van der Waals surface area contributed by atoms with Gasteiger partial charge in [-0.2, -0.15) is 0 Å². The van der Waals surface area contributed by atoms with Crippen molar-refractivity contribution in [3.8, 4) is 5.75 Å². The molecule has 0 radical (unpaired) electrons. The molecule has 0 aromatic heterocycles. The Morgan fingerprint density at radius 2 is 1.86 bits per heavy atom. The van der Waals surface area contributed by atoms with Crippen LogP contribution < -0.4 is 10.1 Å². The maximum absolute atomic E-state index is 13.3. The highest BCUT2D eigenvalue weighted by molar-refractivity contribution is 9.10. The minimum Gasteiger partial charge on any atom is -0.492 e. The Morgan fingerprint density at radius 1 is 1.14 bits per heavy atom. The van der Waals surface area contributed by atoms with Crippen molar-refractivity contribution in [1.82, 2.24) is 0 Å². The molecule has 0 bridgehead atoms. The van der Waals surface area contributed by atoms with Gasteiger partial charge in [0.2, 0.25) is 0 Å². The van der Waals surface area contributed by atoms with Crippen molar-refractivity contribution in [2.45, 2.75) is 26.3 Å². The van der Waals surface area contributed by atoms with Gasteiger partial charge < -0.3 is 10.1 Å². The van der Waals surface area contributed by atoms with E-state index < -0.39 is 0 Å². The van der Waals surface area contributed by atoms with E-state index in [1.54, 1.807) is 6.07 Å². The number of hydrogen-bond acceptors (Lipinski definition) is 2. The van der Waals surface area contributed by atoms with E-state index in [9.17, 15) is 4.39 Å². The molecule has 0 aliphatic carbocycles. The Kier molecular flexibility index (Phi) is 5.62. The molecule has 2 nitrogen and oxygen atoms in total. The second kappa shape index (κ2) is 7.46. The lowest BCUT2D eigenvalue weighted by Gasteiger charge is -2.21. The first-order valence-corrected chi connectivity index (χ1v) is 7.87. The fraction of sp³-hybridized carbons (Fsp3) is 0.294. The maximum Gasteiger partial charge on any atom is 0.145 e. The monoisotopic (exact) mass is 351 g/mol. The van der Waals surface area contributed by atoms with Crippen LogP contribution in [-0.4, -0.2) is 6.61 Å². The van der Waals surface area contributed by atoms with Gasteiger partial charge >= 0.3 is 0 Å². The summed E-state index contributed by atoms with van der Waals surface area (Å²) in [6, 6.07) is 12.9. The third kappa shape index (κ3) is 4.21. The zero-order valence-corrected chi connectivity index (χ0v) is 13.8. The summed E-state index contributed by atoms with van der Waals surface area (Å²) in [4.78, 5) is 0. The van der Waals surface area contributed by atoms with E-state index in [1.807, 2.05) is 19.1 Å². The molecule has 2 rings (SSSR count). The van der Waals surface area contributed by atoms with Crippen LogP contribution in [-0.2, 0) is 0 Å². The van der Waals surface area contributed by atoms with Crippen LogP contribution in [0.15, 0.2) is 46.9 Å². The Morgan fingerprint density at radius 3 is 2.48 bits per heavy atom. The molecule has 0 saturated carbocycles. The van der Waals surface area contributed by atoms with Gasteiger partial charge in [0, 0.05) is 10.5 Å². The standard InChI is InChI=1S/C17H19BrFNO/c1-3-15(12-5-7-13(18)8-6-12)20-16-10-9-14(19)11-17(16)21-4-2/h5-11,15,20H,3-4H2,1-2H3. The Hall–Kier alpha value is -1.55. The van der Waals surface area contributed by atoms with Crippen molar-refractivity contribution < 1.29 is 9.13 Å². The summed E-state index contributed by atoms with van der Waals surface area (Å²) in [5.41, 5.74) is 2.00. The molecule has 2 aromatic carbocycles. The highest BCUT2D eigenvalue weighted by Crippen LogP contribution is 2.31. The van der Waals surface area contributed by atoms with Crippen LogP contribution in [0.2, 0.25) is 0 Å². The van der Waals surface area contributed by atoms with Crippen LogP contribution in [0.3, 0.4) is 0 Å². The zero-order valence-electron chi connectivity index (χ0n) is 12.2. The molecule has 0 aliphatic heterocycles. The second-order valence-electron chi connectivity index (χ2n) is 4.73. The minimum atomic E-state index is -0.291. The molecule has 21 heavy (non-hydrogen) atoms. The molecule has 0 aliphatic rings. The predicted molar refractivity (Wildman–Crippen MR) is 88.4 cm³/mol. The van der Waals surface area contributed by atoms with Crippen molar-refractivity contribution in [2.75, 3.05) is 11.9 Å². The molecule has 4 heteroatoms. The van der Waals surface area contributed by atoms with Crippen molar-refractivity contribution in [2.24, 2.45) is 0 Å². The summed E-state index contributed by atoms with van der Waals surface area (Å²) in [6.45, 7) is 4.51. The Labute approximate surface area is 133 Å². The van der Waals surface area contributed by atoms with E-state index in [2.05, 4.69) is 40.3 Å². The highest BCUT2D eigenvalue weighted by atomic mass is 79.9. The first-order valence-electron chi connectivity index (χ1n) is 7.08. The van der Waals surface area contributed by atoms with Crippen LogP contribution in [0.4, 0.5) is 10.1 Å². The first-order chi connectivity index (χ1) is 10.1. The van der Waals surface area contributed by atoms with E-state index >= 15 is 0 Å². The minimum absolute atomic E-state index is 0.155. The van der Waals surface area contributed by atoms with E-state index in [1.165, 1.54) is 17.7 Å². The van der Waals surface area contributed by atoms with Crippen LogP contribution in [0, 0.1) is 5.82 Å².